The molecule has 0 saturated heterocycles. The van der Waals surface area contributed by atoms with E-state index in [9.17, 15) is 14.7 Å². The summed E-state index contributed by atoms with van der Waals surface area (Å²) in [6.45, 7) is 5.53. The summed E-state index contributed by atoms with van der Waals surface area (Å²) in [7, 11) is 1.62. The number of fused-ring (bicyclic) bond motifs is 1. The monoisotopic (exact) mass is 333 g/mol. The van der Waals surface area contributed by atoms with Crippen LogP contribution in [-0.2, 0) is 13.7 Å². The zero-order chi connectivity index (χ0) is 17.1. The van der Waals surface area contributed by atoms with Gasteiger partial charge in [-0.2, -0.15) is 4.37 Å². The van der Waals surface area contributed by atoms with E-state index in [2.05, 4.69) is 4.37 Å². The van der Waals surface area contributed by atoms with Gasteiger partial charge in [0.15, 0.2) is 0 Å². The Balaban J connectivity index is 0.000000924. The summed E-state index contributed by atoms with van der Waals surface area (Å²) in [6.07, 6.45) is 0. The van der Waals surface area contributed by atoms with Gasteiger partial charge >= 0.3 is 5.69 Å². The fourth-order valence-corrected chi connectivity index (χ4v) is 2.97. The van der Waals surface area contributed by atoms with Crippen molar-refractivity contribution in [2.75, 3.05) is 0 Å². The number of benzene rings is 1. The molecule has 0 radical (unpaired) electrons. The number of aliphatic hydroxyl groups excluding tert-OH is 1. The summed E-state index contributed by atoms with van der Waals surface area (Å²) in [5.41, 5.74) is 0.865. The van der Waals surface area contributed by atoms with Gasteiger partial charge in [-0.25, -0.2) is 9.36 Å². The third-order valence-corrected chi connectivity index (χ3v) is 4.36. The van der Waals surface area contributed by atoms with Crippen LogP contribution in [0.2, 0.25) is 0 Å². The van der Waals surface area contributed by atoms with E-state index in [1.54, 1.807) is 32.2 Å². The maximum atomic E-state index is 12.3. The molecule has 7 heteroatoms. The lowest BCUT2D eigenvalue weighted by Gasteiger charge is -2.09. The Kier molecular flexibility index (Phi) is 5.12. The highest BCUT2D eigenvalue weighted by atomic mass is 32.1. The average molecular weight is 333 g/mol. The van der Waals surface area contributed by atoms with Crippen molar-refractivity contribution in [3.63, 3.8) is 0 Å². The van der Waals surface area contributed by atoms with E-state index in [4.69, 9.17) is 0 Å². The number of hydrogen-bond acceptors (Lipinski definition) is 5. The molecule has 0 bridgehead atoms. The van der Waals surface area contributed by atoms with E-state index < -0.39 is 5.69 Å². The second-order valence-electron chi connectivity index (χ2n) is 4.77. The number of aryl methyl sites for hydroxylation is 1. The number of hydrogen-bond donors (Lipinski definition) is 1. The molecule has 0 spiro atoms. The lowest BCUT2D eigenvalue weighted by molar-refractivity contribution is 0.279. The summed E-state index contributed by atoms with van der Waals surface area (Å²) in [5, 5.41) is 10.0. The predicted octanol–water partition coefficient (Wildman–Crippen LogP) is 1.97. The van der Waals surface area contributed by atoms with Gasteiger partial charge in [0.25, 0.3) is 5.56 Å². The van der Waals surface area contributed by atoms with E-state index in [0.717, 1.165) is 14.7 Å². The van der Waals surface area contributed by atoms with Crippen LogP contribution in [0, 0.1) is 6.92 Å². The van der Waals surface area contributed by atoms with Crippen LogP contribution in [0.3, 0.4) is 0 Å². The Hall–Kier alpha value is -2.25. The highest BCUT2D eigenvalue weighted by Crippen LogP contribution is 2.24. The Bertz CT molecular complexity index is 953. The smallest absolute Gasteiger partial charge is 0.335 e. The van der Waals surface area contributed by atoms with Gasteiger partial charge in [0, 0.05) is 24.2 Å². The molecule has 122 valence electrons. The first-order valence-electron chi connectivity index (χ1n) is 7.32. The van der Waals surface area contributed by atoms with Crippen molar-refractivity contribution in [3.8, 4) is 5.69 Å². The van der Waals surface area contributed by atoms with Gasteiger partial charge < -0.3 is 9.67 Å². The minimum atomic E-state index is -0.395. The largest absolute Gasteiger partial charge is 0.390 e. The van der Waals surface area contributed by atoms with E-state index in [1.165, 1.54) is 22.2 Å². The molecule has 0 fully saturated rings. The van der Waals surface area contributed by atoms with E-state index in [1.807, 2.05) is 13.8 Å². The Labute approximate surface area is 137 Å². The first kappa shape index (κ1) is 17.1. The van der Waals surface area contributed by atoms with Crippen LogP contribution in [-0.4, -0.2) is 18.6 Å². The van der Waals surface area contributed by atoms with Crippen LogP contribution < -0.4 is 11.2 Å². The number of rotatable bonds is 2. The van der Waals surface area contributed by atoms with Crippen LogP contribution in [0.5, 0.6) is 0 Å². The molecule has 3 aromatic rings. The molecule has 2 aromatic heterocycles. The van der Waals surface area contributed by atoms with Crippen molar-refractivity contribution in [2.24, 2.45) is 7.05 Å². The van der Waals surface area contributed by atoms with Gasteiger partial charge in [-0.05, 0) is 36.7 Å². The molecule has 3 rings (SSSR count). The standard InChI is InChI=1S/C14H13N3O3S.C2H6/c1-8-5-13(19)17(14(20)16(8)2)9-3-4-12-10(6-9)11(7-18)15-21-12;1-2/h3-6,18H,7H2,1-2H3;1-2H3. The summed E-state index contributed by atoms with van der Waals surface area (Å²) in [5.74, 6) is 0. The van der Waals surface area contributed by atoms with Crippen molar-refractivity contribution in [1.29, 1.82) is 0 Å². The summed E-state index contributed by atoms with van der Waals surface area (Å²) in [4.78, 5) is 24.4. The number of aromatic nitrogens is 3. The predicted molar refractivity (Wildman–Crippen MR) is 92.5 cm³/mol. The van der Waals surface area contributed by atoms with Crippen LogP contribution in [0.1, 0.15) is 25.2 Å². The van der Waals surface area contributed by atoms with E-state index >= 15 is 0 Å². The third kappa shape index (κ3) is 2.97. The highest BCUT2D eigenvalue weighted by Gasteiger charge is 2.11. The highest BCUT2D eigenvalue weighted by molar-refractivity contribution is 7.13. The molecule has 6 nitrogen and oxygen atoms in total. The summed E-state index contributed by atoms with van der Waals surface area (Å²) >= 11 is 1.28. The lowest BCUT2D eigenvalue weighted by Crippen LogP contribution is -2.38. The molecular formula is C16H19N3O3S. The third-order valence-electron chi connectivity index (χ3n) is 3.50. The second kappa shape index (κ2) is 6.89. The molecule has 0 amide bonds. The van der Waals surface area contributed by atoms with Crippen molar-refractivity contribution in [3.05, 3.63) is 56.5 Å². The van der Waals surface area contributed by atoms with Gasteiger partial charge in [0.05, 0.1) is 22.7 Å². The van der Waals surface area contributed by atoms with Crippen molar-refractivity contribution < 1.29 is 5.11 Å². The molecule has 0 aliphatic rings. The molecule has 2 heterocycles. The Morgan fingerprint density at radius 2 is 1.91 bits per heavy atom. The van der Waals surface area contributed by atoms with Crippen LogP contribution >= 0.6 is 11.5 Å². The number of nitrogens with zero attached hydrogens (tertiary/aromatic N) is 3. The van der Waals surface area contributed by atoms with Crippen molar-refractivity contribution in [1.82, 2.24) is 13.5 Å². The maximum Gasteiger partial charge on any atom is 0.335 e. The van der Waals surface area contributed by atoms with Gasteiger partial charge in [-0.3, -0.25) is 4.79 Å². The molecule has 0 aliphatic carbocycles. The first-order chi connectivity index (χ1) is 11.0. The SMILES string of the molecule is CC.Cc1cc(=O)n(-c2ccc3snc(CO)c3c2)c(=O)n1C. The molecular weight excluding hydrogens is 314 g/mol. The summed E-state index contributed by atoms with van der Waals surface area (Å²) < 4.78 is 7.59. The quantitative estimate of drug-likeness (QED) is 0.778. The molecule has 0 saturated carbocycles. The average Bonchev–Trinajstić information content (AvgIpc) is 2.97. The molecule has 0 aliphatic heterocycles. The normalized spacial score (nSPS) is 10.5. The van der Waals surface area contributed by atoms with Crippen LogP contribution in [0.15, 0.2) is 33.9 Å². The Morgan fingerprint density at radius 3 is 2.57 bits per heavy atom. The molecule has 1 N–H and O–H groups in total. The topological polar surface area (TPSA) is 77.1 Å². The van der Waals surface area contributed by atoms with Gasteiger partial charge in [0.1, 0.15) is 0 Å². The molecule has 23 heavy (non-hydrogen) atoms. The fourth-order valence-electron chi connectivity index (χ4n) is 2.20. The van der Waals surface area contributed by atoms with E-state index in [0.29, 0.717) is 17.1 Å². The van der Waals surface area contributed by atoms with E-state index in [-0.39, 0.29) is 12.2 Å². The fraction of sp³-hybridized carbons (Fsp3) is 0.312. The second-order valence-corrected chi connectivity index (χ2v) is 5.57. The zero-order valence-corrected chi connectivity index (χ0v) is 14.3. The lowest BCUT2D eigenvalue weighted by atomic mass is 10.2. The summed E-state index contributed by atoms with van der Waals surface area (Å²) in [6, 6.07) is 6.64. The molecule has 1 aromatic carbocycles. The minimum Gasteiger partial charge on any atom is -0.390 e. The maximum absolute atomic E-state index is 12.3. The minimum absolute atomic E-state index is 0.176. The Morgan fingerprint density at radius 1 is 1.22 bits per heavy atom. The van der Waals surface area contributed by atoms with Crippen molar-refractivity contribution >= 4 is 21.6 Å². The van der Waals surface area contributed by atoms with Crippen molar-refractivity contribution in [2.45, 2.75) is 27.4 Å². The van der Waals surface area contributed by atoms with Gasteiger partial charge in [0.2, 0.25) is 0 Å². The van der Waals surface area contributed by atoms with Gasteiger partial charge in [-0.15, -0.1) is 0 Å². The van der Waals surface area contributed by atoms with Crippen LogP contribution in [0.4, 0.5) is 0 Å². The first-order valence-corrected chi connectivity index (χ1v) is 8.09. The zero-order valence-electron chi connectivity index (χ0n) is 13.5. The molecule has 0 atom stereocenters. The van der Waals surface area contributed by atoms with Gasteiger partial charge in [-0.1, -0.05) is 13.8 Å². The van der Waals surface area contributed by atoms with Crippen LogP contribution in [0.25, 0.3) is 15.8 Å². The molecule has 0 unspecified atom stereocenters. The number of aliphatic hydroxyl groups is 1.